The first kappa shape index (κ1) is 16.5. The first-order valence-electron chi connectivity index (χ1n) is 8.88. The zero-order chi connectivity index (χ0) is 17.9. The molecule has 1 aliphatic rings. The van der Waals surface area contributed by atoms with E-state index < -0.39 is 0 Å². The van der Waals surface area contributed by atoms with Gasteiger partial charge in [0.05, 0.1) is 18.3 Å². The number of piperidine rings is 1. The highest BCUT2D eigenvalue weighted by atomic mass is 16.2. The number of hydrogen-bond donors (Lipinski definition) is 0. The molecule has 1 unspecified atom stereocenters. The lowest BCUT2D eigenvalue weighted by atomic mass is 9.96. The minimum absolute atomic E-state index is 0.0492. The molecule has 0 aromatic carbocycles. The monoisotopic (exact) mass is 350 g/mol. The van der Waals surface area contributed by atoms with Gasteiger partial charge in [-0.3, -0.25) is 14.5 Å². The van der Waals surface area contributed by atoms with E-state index in [0.717, 1.165) is 37.3 Å². The summed E-state index contributed by atoms with van der Waals surface area (Å²) in [5.41, 5.74) is 1.79. The summed E-state index contributed by atoms with van der Waals surface area (Å²) in [7, 11) is 1.82. The van der Waals surface area contributed by atoms with E-state index in [1.807, 2.05) is 36.6 Å². The summed E-state index contributed by atoms with van der Waals surface area (Å²) < 4.78 is 3.83. The Kier molecular flexibility index (Phi) is 4.51. The van der Waals surface area contributed by atoms with Crippen LogP contribution in [0.5, 0.6) is 0 Å². The van der Waals surface area contributed by atoms with Gasteiger partial charge in [-0.2, -0.15) is 5.10 Å². The normalized spacial score (nSPS) is 17.4. The third-order valence-electron chi connectivity index (χ3n) is 4.85. The molecule has 4 heterocycles. The van der Waals surface area contributed by atoms with Crippen molar-refractivity contribution in [2.75, 3.05) is 13.1 Å². The molecule has 134 valence electrons. The van der Waals surface area contributed by atoms with Gasteiger partial charge in [-0.15, -0.1) is 0 Å². The minimum atomic E-state index is 0.0492. The molecule has 0 aliphatic carbocycles. The molecular weight excluding hydrogens is 328 g/mol. The Hall–Kier alpha value is -2.96. The Morgan fingerprint density at radius 2 is 2.23 bits per heavy atom. The molecular formula is C19H22N6O. The number of carbonyl (C=O) groups excluding carboxylic acids is 1. The fourth-order valence-electron chi connectivity index (χ4n) is 3.59. The van der Waals surface area contributed by atoms with Gasteiger partial charge < -0.3 is 9.47 Å². The lowest BCUT2D eigenvalue weighted by molar-refractivity contribution is 0.0703. The maximum absolute atomic E-state index is 12.7. The number of aryl methyl sites for hydroxylation is 1. The first-order valence-corrected chi connectivity index (χ1v) is 8.88. The number of hydrogen-bond acceptors (Lipinski definition) is 4. The van der Waals surface area contributed by atoms with Crippen molar-refractivity contribution in [2.45, 2.75) is 25.3 Å². The SMILES string of the molecule is Cn1cc(C(=O)N2CCCC(c3nccn3Cc3cccnc3)C2)cn1. The van der Waals surface area contributed by atoms with Crippen LogP contribution >= 0.6 is 0 Å². The van der Waals surface area contributed by atoms with Crippen molar-refractivity contribution in [1.29, 1.82) is 0 Å². The summed E-state index contributed by atoms with van der Waals surface area (Å²) in [6.07, 6.45) is 12.9. The van der Waals surface area contributed by atoms with Gasteiger partial charge in [0, 0.05) is 57.0 Å². The van der Waals surface area contributed by atoms with Gasteiger partial charge in [0.1, 0.15) is 5.82 Å². The van der Waals surface area contributed by atoms with Crippen LogP contribution in [0.2, 0.25) is 0 Å². The van der Waals surface area contributed by atoms with Gasteiger partial charge in [-0.1, -0.05) is 6.07 Å². The van der Waals surface area contributed by atoms with Crippen LogP contribution < -0.4 is 0 Å². The van der Waals surface area contributed by atoms with Gasteiger partial charge in [0.2, 0.25) is 0 Å². The Labute approximate surface area is 152 Å². The Morgan fingerprint density at radius 3 is 3.00 bits per heavy atom. The highest BCUT2D eigenvalue weighted by molar-refractivity contribution is 5.93. The Bertz CT molecular complexity index is 884. The molecule has 0 spiro atoms. The number of amides is 1. The van der Waals surface area contributed by atoms with Crippen LogP contribution in [0.25, 0.3) is 0 Å². The Balaban J connectivity index is 1.50. The second-order valence-corrected chi connectivity index (χ2v) is 6.77. The summed E-state index contributed by atoms with van der Waals surface area (Å²) in [6, 6.07) is 4.01. The van der Waals surface area contributed by atoms with E-state index >= 15 is 0 Å². The standard InChI is InChI=1S/C19H22N6O/c1-23-13-17(11-22-23)19(26)25-8-3-5-16(14-25)18-21-7-9-24(18)12-15-4-2-6-20-10-15/h2,4,6-7,9-11,13,16H,3,5,8,12,14H2,1H3. The molecule has 7 nitrogen and oxygen atoms in total. The maximum Gasteiger partial charge on any atom is 0.257 e. The number of pyridine rings is 1. The number of likely N-dealkylation sites (tertiary alicyclic amines) is 1. The lowest BCUT2D eigenvalue weighted by Crippen LogP contribution is -2.39. The van der Waals surface area contributed by atoms with Crippen molar-refractivity contribution >= 4 is 5.91 Å². The van der Waals surface area contributed by atoms with Gasteiger partial charge in [0.25, 0.3) is 5.91 Å². The second kappa shape index (κ2) is 7.11. The molecule has 3 aromatic rings. The van der Waals surface area contributed by atoms with Gasteiger partial charge in [-0.25, -0.2) is 4.98 Å². The quantitative estimate of drug-likeness (QED) is 0.722. The molecule has 1 saturated heterocycles. The van der Waals surface area contributed by atoms with Crippen LogP contribution in [0.15, 0.2) is 49.3 Å². The first-order chi connectivity index (χ1) is 12.7. The van der Waals surface area contributed by atoms with Crippen LogP contribution in [0.1, 0.15) is 40.5 Å². The van der Waals surface area contributed by atoms with Gasteiger partial charge >= 0.3 is 0 Å². The summed E-state index contributed by atoms with van der Waals surface area (Å²) in [4.78, 5) is 23.4. The molecule has 1 fully saturated rings. The van der Waals surface area contributed by atoms with Crippen molar-refractivity contribution in [3.63, 3.8) is 0 Å². The van der Waals surface area contributed by atoms with E-state index in [-0.39, 0.29) is 11.8 Å². The molecule has 1 amide bonds. The summed E-state index contributed by atoms with van der Waals surface area (Å²) in [5, 5.41) is 4.11. The van der Waals surface area contributed by atoms with Gasteiger partial charge in [-0.05, 0) is 24.5 Å². The summed E-state index contributed by atoms with van der Waals surface area (Å²) >= 11 is 0. The highest BCUT2D eigenvalue weighted by Gasteiger charge is 2.28. The predicted octanol–water partition coefficient (Wildman–Crippen LogP) is 2.08. The fraction of sp³-hybridized carbons (Fsp3) is 0.368. The van der Waals surface area contributed by atoms with Crippen molar-refractivity contribution in [2.24, 2.45) is 7.05 Å². The minimum Gasteiger partial charge on any atom is -0.338 e. The number of carbonyl (C=O) groups is 1. The van der Waals surface area contributed by atoms with Crippen molar-refractivity contribution in [3.05, 3.63) is 66.3 Å². The molecule has 0 bridgehead atoms. The topological polar surface area (TPSA) is 68.8 Å². The van der Waals surface area contributed by atoms with E-state index in [4.69, 9.17) is 0 Å². The van der Waals surface area contributed by atoms with E-state index in [2.05, 4.69) is 25.7 Å². The smallest absolute Gasteiger partial charge is 0.257 e. The zero-order valence-electron chi connectivity index (χ0n) is 14.8. The molecule has 3 aromatic heterocycles. The molecule has 26 heavy (non-hydrogen) atoms. The maximum atomic E-state index is 12.7. The molecule has 1 atom stereocenters. The fourth-order valence-corrected chi connectivity index (χ4v) is 3.59. The Morgan fingerprint density at radius 1 is 1.31 bits per heavy atom. The van der Waals surface area contributed by atoms with Crippen LogP contribution in [0, 0.1) is 0 Å². The summed E-state index contributed by atoms with van der Waals surface area (Å²) in [5.74, 6) is 1.33. The lowest BCUT2D eigenvalue weighted by Gasteiger charge is -2.32. The molecule has 1 aliphatic heterocycles. The number of rotatable bonds is 4. The molecule has 0 saturated carbocycles. The van der Waals surface area contributed by atoms with Crippen LogP contribution in [-0.2, 0) is 13.6 Å². The highest BCUT2D eigenvalue weighted by Crippen LogP contribution is 2.27. The van der Waals surface area contributed by atoms with Crippen LogP contribution in [0.3, 0.4) is 0 Å². The number of aromatic nitrogens is 5. The zero-order valence-corrected chi connectivity index (χ0v) is 14.8. The largest absolute Gasteiger partial charge is 0.338 e. The van der Waals surface area contributed by atoms with Crippen molar-refractivity contribution < 1.29 is 4.79 Å². The molecule has 7 heteroatoms. The second-order valence-electron chi connectivity index (χ2n) is 6.77. The molecule has 0 radical (unpaired) electrons. The molecule has 4 rings (SSSR count). The van der Waals surface area contributed by atoms with E-state index in [1.54, 1.807) is 23.3 Å². The third-order valence-corrected chi connectivity index (χ3v) is 4.85. The van der Waals surface area contributed by atoms with E-state index in [9.17, 15) is 4.79 Å². The van der Waals surface area contributed by atoms with Crippen LogP contribution in [-0.4, -0.2) is 48.2 Å². The average molecular weight is 350 g/mol. The predicted molar refractivity (Wildman–Crippen MR) is 96.7 cm³/mol. The third kappa shape index (κ3) is 3.37. The molecule has 0 N–H and O–H groups in total. The number of nitrogens with zero attached hydrogens (tertiary/aromatic N) is 6. The van der Waals surface area contributed by atoms with E-state index in [0.29, 0.717) is 12.1 Å². The number of imidazole rings is 1. The van der Waals surface area contributed by atoms with Gasteiger partial charge in [0.15, 0.2) is 0 Å². The van der Waals surface area contributed by atoms with Crippen molar-refractivity contribution in [3.8, 4) is 0 Å². The van der Waals surface area contributed by atoms with Crippen LogP contribution in [0.4, 0.5) is 0 Å². The summed E-state index contributed by atoms with van der Waals surface area (Å²) in [6.45, 7) is 2.22. The average Bonchev–Trinajstić information content (AvgIpc) is 3.31. The van der Waals surface area contributed by atoms with E-state index in [1.165, 1.54) is 0 Å². The van der Waals surface area contributed by atoms with Crippen molar-refractivity contribution in [1.82, 2.24) is 29.2 Å².